The SMILES string of the molecule is CN1CCN(c2ncccc2CNC(=O)[C@@H](O)C(F)(F)F)CC1. The maximum atomic E-state index is 12.3. The second-order valence-electron chi connectivity index (χ2n) is 5.44. The number of aliphatic hydroxyl groups excluding tert-OH is 1. The molecular formula is C14H19F3N4O2. The van der Waals surface area contributed by atoms with E-state index in [1.165, 1.54) is 0 Å². The van der Waals surface area contributed by atoms with Crippen LogP contribution in [-0.4, -0.2) is 66.4 Å². The summed E-state index contributed by atoms with van der Waals surface area (Å²) in [5.74, 6) is -0.826. The third-order valence-corrected chi connectivity index (χ3v) is 3.68. The number of nitrogens with zero attached hydrogens (tertiary/aromatic N) is 3. The van der Waals surface area contributed by atoms with Gasteiger partial charge in [-0.25, -0.2) is 4.98 Å². The van der Waals surface area contributed by atoms with Crippen molar-refractivity contribution in [3.63, 3.8) is 0 Å². The van der Waals surface area contributed by atoms with Gasteiger partial charge in [-0.3, -0.25) is 4.79 Å². The van der Waals surface area contributed by atoms with Crippen LogP contribution in [-0.2, 0) is 11.3 Å². The van der Waals surface area contributed by atoms with Crippen molar-refractivity contribution in [1.29, 1.82) is 0 Å². The van der Waals surface area contributed by atoms with Crippen molar-refractivity contribution in [2.24, 2.45) is 0 Å². The smallest absolute Gasteiger partial charge is 0.376 e. The minimum Gasteiger partial charge on any atom is -0.376 e. The first-order valence-electron chi connectivity index (χ1n) is 7.19. The first-order chi connectivity index (χ1) is 10.8. The summed E-state index contributed by atoms with van der Waals surface area (Å²) in [6.07, 6.45) is -6.39. The maximum Gasteiger partial charge on any atom is 0.423 e. The Labute approximate surface area is 131 Å². The molecule has 0 bridgehead atoms. The van der Waals surface area contributed by atoms with E-state index < -0.39 is 18.2 Å². The van der Waals surface area contributed by atoms with Gasteiger partial charge in [-0.1, -0.05) is 6.07 Å². The first kappa shape index (κ1) is 17.5. The Morgan fingerprint density at radius 2 is 2.04 bits per heavy atom. The molecule has 2 heterocycles. The largest absolute Gasteiger partial charge is 0.423 e. The van der Waals surface area contributed by atoms with E-state index in [-0.39, 0.29) is 6.54 Å². The number of pyridine rings is 1. The van der Waals surface area contributed by atoms with E-state index in [0.29, 0.717) is 11.4 Å². The van der Waals surface area contributed by atoms with Gasteiger partial charge in [0.1, 0.15) is 5.82 Å². The van der Waals surface area contributed by atoms with E-state index in [4.69, 9.17) is 5.11 Å². The number of carbonyl (C=O) groups is 1. The lowest BCUT2D eigenvalue weighted by Crippen LogP contribution is -2.46. The van der Waals surface area contributed by atoms with Crippen LogP contribution in [0.5, 0.6) is 0 Å². The van der Waals surface area contributed by atoms with E-state index >= 15 is 0 Å². The van der Waals surface area contributed by atoms with Crippen LogP contribution in [0.4, 0.5) is 19.0 Å². The second kappa shape index (κ2) is 7.14. The van der Waals surface area contributed by atoms with Gasteiger partial charge in [-0.05, 0) is 13.1 Å². The standard InChI is InChI=1S/C14H19F3N4O2/c1-20-5-7-21(8-6-20)12-10(3-2-4-18-12)9-19-13(23)11(22)14(15,16)17/h2-4,11,22H,5-9H2,1H3,(H,19,23)/t11-/m1/s1. The van der Waals surface area contributed by atoms with Gasteiger partial charge in [0.15, 0.2) is 0 Å². The number of hydrogen-bond acceptors (Lipinski definition) is 5. The number of halogens is 3. The lowest BCUT2D eigenvalue weighted by atomic mass is 10.2. The molecule has 1 aliphatic rings. The lowest BCUT2D eigenvalue weighted by molar-refractivity contribution is -0.205. The normalized spacial score (nSPS) is 17.9. The number of likely N-dealkylation sites (N-methyl/N-ethyl adjacent to an activating group) is 1. The quantitative estimate of drug-likeness (QED) is 0.834. The van der Waals surface area contributed by atoms with Crippen molar-refractivity contribution in [2.45, 2.75) is 18.8 Å². The highest BCUT2D eigenvalue weighted by molar-refractivity contribution is 5.81. The van der Waals surface area contributed by atoms with Gasteiger partial charge < -0.3 is 20.2 Å². The van der Waals surface area contributed by atoms with Crippen LogP contribution >= 0.6 is 0 Å². The Morgan fingerprint density at radius 3 is 2.65 bits per heavy atom. The van der Waals surface area contributed by atoms with Crippen molar-refractivity contribution in [1.82, 2.24) is 15.2 Å². The number of hydrogen-bond donors (Lipinski definition) is 2. The van der Waals surface area contributed by atoms with Crippen molar-refractivity contribution >= 4 is 11.7 Å². The predicted octanol–water partition coefficient (Wildman–Crippen LogP) is 0.373. The highest BCUT2D eigenvalue weighted by Gasteiger charge is 2.43. The molecule has 2 rings (SSSR count). The summed E-state index contributed by atoms with van der Waals surface area (Å²) in [6.45, 7) is 3.09. The predicted molar refractivity (Wildman–Crippen MR) is 77.9 cm³/mol. The molecule has 6 nitrogen and oxygen atoms in total. The Balaban J connectivity index is 2.02. The average molecular weight is 332 g/mol. The number of aromatic nitrogens is 1. The van der Waals surface area contributed by atoms with Crippen LogP contribution in [0.25, 0.3) is 0 Å². The summed E-state index contributed by atoms with van der Waals surface area (Å²) in [5.41, 5.74) is 0.611. The van der Waals surface area contributed by atoms with Crippen LogP contribution in [0, 0.1) is 0 Å². The second-order valence-corrected chi connectivity index (χ2v) is 5.44. The Bertz CT molecular complexity index is 545. The molecule has 1 amide bonds. The molecule has 23 heavy (non-hydrogen) atoms. The monoisotopic (exact) mass is 332 g/mol. The third-order valence-electron chi connectivity index (χ3n) is 3.68. The van der Waals surface area contributed by atoms with Gasteiger partial charge >= 0.3 is 6.18 Å². The van der Waals surface area contributed by atoms with E-state index in [1.807, 2.05) is 11.9 Å². The van der Waals surface area contributed by atoms with E-state index in [1.54, 1.807) is 18.3 Å². The number of anilines is 1. The topological polar surface area (TPSA) is 68.7 Å². The van der Waals surface area contributed by atoms with Gasteiger partial charge in [0.05, 0.1) is 0 Å². The molecule has 0 aromatic carbocycles. The minimum absolute atomic E-state index is 0.124. The van der Waals surface area contributed by atoms with Crippen molar-refractivity contribution in [3.05, 3.63) is 23.9 Å². The van der Waals surface area contributed by atoms with Crippen molar-refractivity contribution < 1.29 is 23.1 Å². The molecule has 1 fully saturated rings. The molecule has 1 atom stereocenters. The van der Waals surface area contributed by atoms with Gasteiger partial charge in [0, 0.05) is 44.5 Å². The zero-order valence-corrected chi connectivity index (χ0v) is 12.7. The summed E-state index contributed by atoms with van der Waals surface area (Å²) in [5, 5.41) is 11.0. The molecule has 0 saturated carbocycles. The summed E-state index contributed by atoms with van der Waals surface area (Å²) < 4.78 is 36.9. The molecule has 1 aromatic rings. The molecule has 0 aliphatic carbocycles. The number of amides is 1. The maximum absolute atomic E-state index is 12.3. The van der Waals surface area contributed by atoms with Crippen LogP contribution in [0.3, 0.4) is 0 Å². The molecule has 1 aliphatic heterocycles. The average Bonchev–Trinajstić information content (AvgIpc) is 2.52. The fourth-order valence-electron chi connectivity index (χ4n) is 2.30. The number of piperazine rings is 1. The molecule has 0 unspecified atom stereocenters. The highest BCUT2D eigenvalue weighted by Crippen LogP contribution is 2.21. The zero-order valence-electron chi connectivity index (χ0n) is 12.7. The summed E-state index contributed by atoms with van der Waals surface area (Å²) in [4.78, 5) is 19.8. The molecule has 0 spiro atoms. The summed E-state index contributed by atoms with van der Waals surface area (Å²) >= 11 is 0. The fourth-order valence-corrected chi connectivity index (χ4v) is 2.30. The zero-order chi connectivity index (χ0) is 17.0. The molecule has 9 heteroatoms. The molecule has 0 radical (unpaired) electrons. The number of carbonyl (C=O) groups excluding carboxylic acids is 1. The van der Waals surface area contributed by atoms with Crippen LogP contribution in [0.1, 0.15) is 5.56 Å². The molecule has 128 valence electrons. The number of nitrogens with one attached hydrogen (secondary N) is 1. The van der Waals surface area contributed by atoms with Crippen molar-refractivity contribution in [3.8, 4) is 0 Å². The van der Waals surface area contributed by atoms with E-state index in [0.717, 1.165) is 26.2 Å². The van der Waals surface area contributed by atoms with E-state index in [9.17, 15) is 18.0 Å². The number of alkyl halides is 3. The molecule has 1 aromatic heterocycles. The fraction of sp³-hybridized carbons (Fsp3) is 0.571. The Hall–Kier alpha value is -1.87. The minimum atomic E-state index is -4.97. The van der Waals surface area contributed by atoms with Gasteiger partial charge in [-0.2, -0.15) is 13.2 Å². The first-order valence-corrected chi connectivity index (χ1v) is 7.19. The van der Waals surface area contributed by atoms with Gasteiger partial charge in [-0.15, -0.1) is 0 Å². The van der Waals surface area contributed by atoms with E-state index in [2.05, 4.69) is 15.2 Å². The lowest BCUT2D eigenvalue weighted by Gasteiger charge is -2.34. The summed E-state index contributed by atoms with van der Waals surface area (Å²) in [7, 11) is 2.01. The van der Waals surface area contributed by atoms with Crippen LogP contribution < -0.4 is 10.2 Å². The van der Waals surface area contributed by atoms with Gasteiger partial charge in [0.2, 0.25) is 6.10 Å². The van der Waals surface area contributed by atoms with Crippen LogP contribution in [0.15, 0.2) is 18.3 Å². The molecule has 2 N–H and O–H groups in total. The Kier molecular flexibility index (Phi) is 5.42. The van der Waals surface area contributed by atoms with Crippen LogP contribution in [0.2, 0.25) is 0 Å². The molecular weight excluding hydrogens is 313 g/mol. The van der Waals surface area contributed by atoms with Gasteiger partial charge in [0.25, 0.3) is 5.91 Å². The highest BCUT2D eigenvalue weighted by atomic mass is 19.4. The van der Waals surface area contributed by atoms with Crippen molar-refractivity contribution in [2.75, 3.05) is 38.1 Å². The Morgan fingerprint density at radius 1 is 1.39 bits per heavy atom. The number of rotatable bonds is 4. The third kappa shape index (κ3) is 4.55. The number of aliphatic hydroxyl groups is 1. The molecule has 1 saturated heterocycles. The summed E-state index contributed by atoms with van der Waals surface area (Å²) in [6, 6.07) is 3.35.